The smallest absolute Gasteiger partial charge is 0.0960 e. The van der Waals surface area contributed by atoms with Gasteiger partial charge in [0.1, 0.15) is 0 Å². The molecule has 0 saturated carbocycles. The van der Waals surface area contributed by atoms with Crippen molar-refractivity contribution in [2.24, 2.45) is 0 Å². The van der Waals surface area contributed by atoms with Crippen LogP contribution in [0.1, 0.15) is 19.3 Å². The molecule has 2 nitrogen and oxygen atoms in total. The van der Waals surface area contributed by atoms with Crippen molar-refractivity contribution in [2.75, 3.05) is 30.5 Å². The molecular formula is C13H21Cl3N2S2. The first-order valence-electron chi connectivity index (χ1n) is 6.39. The Morgan fingerprint density at radius 1 is 1.25 bits per heavy atom. The van der Waals surface area contributed by atoms with Crippen LogP contribution in [0.25, 0.3) is 0 Å². The first kappa shape index (κ1) is 20.7. The van der Waals surface area contributed by atoms with Crippen LogP contribution >= 0.6 is 59.9 Å². The van der Waals surface area contributed by atoms with Crippen molar-refractivity contribution in [3.8, 4) is 0 Å². The molecule has 0 atom stereocenters. The van der Waals surface area contributed by atoms with Crippen molar-refractivity contribution < 1.29 is 0 Å². The van der Waals surface area contributed by atoms with Gasteiger partial charge in [0.2, 0.25) is 0 Å². The summed E-state index contributed by atoms with van der Waals surface area (Å²) in [6.45, 7) is 2.56. The number of halogens is 3. The van der Waals surface area contributed by atoms with Gasteiger partial charge in [-0.25, -0.2) is 4.98 Å². The van der Waals surface area contributed by atoms with E-state index in [9.17, 15) is 0 Å². The predicted octanol–water partition coefficient (Wildman–Crippen LogP) is 4.85. The molecule has 0 aliphatic carbocycles. The summed E-state index contributed by atoms with van der Waals surface area (Å²) in [4.78, 5) is 6.83. The lowest BCUT2D eigenvalue weighted by Crippen LogP contribution is -2.20. The van der Waals surface area contributed by atoms with Crippen molar-refractivity contribution >= 4 is 59.9 Å². The molecule has 20 heavy (non-hydrogen) atoms. The van der Waals surface area contributed by atoms with Gasteiger partial charge in [0, 0.05) is 24.4 Å². The van der Waals surface area contributed by atoms with Crippen LogP contribution in [0.4, 0.5) is 0 Å². The van der Waals surface area contributed by atoms with Crippen LogP contribution in [0.5, 0.6) is 0 Å². The second kappa shape index (κ2) is 12.2. The average molecular weight is 376 g/mol. The molecule has 0 bridgehead atoms. The third-order valence-corrected chi connectivity index (χ3v) is 5.17. The van der Waals surface area contributed by atoms with Crippen LogP contribution in [0.2, 0.25) is 5.02 Å². The molecule has 2 rings (SSSR count). The van der Waals surface area contributed by atoms with Gasteiger partial charge in [-0.2, -0.15) is 0 Å². The number of unbranched alkanes of at least 4 members (excludes halogenated alkanes) is 2. The minimum Gasteiger partial charge on any atom is -0.293 e. The van der Waals surface area contributed by atoms with E-state index in [0.717, 1.165) is 10.8 Å². The fourth-order valence-electron chi connectivity index (χ4n) is 1.87. The quantitative estimate of drug-likeness (QED) is 0.500. The highest BCUT2D eigenvalue weighted by atomic mass is 35.5. The molecule has 0 N–H and O–H groups in total. The summed E-state index contributed by atoms with van der Waals surface area (Å²) in [6, 6.07) is 3.90. The molecule has 2 heterocycles. The summed E-state index contributed by atoms with van der Waals surface area (Å²) in [6.07, 6.45) is 5.64. The molecule has 1 fully saturated rings. The molecule has 0 unspecified atom stereocenters. The predicted molar refractivity (Wildman–Crippen MR) is 97.2 cm³/mol. The zero-order chi connectivity index (χ0) is 12.6. The summed E-state index contributed by atoms with van der Waals surface area (Å²) < 4.78 is 0. The van der Waals surface area contributed by atoms with Crippen molar-refractivity contribution in [3.63, 3.8) is 0 Å². The van der Waals surface area contributed by atoms with Gasteiger partial charge in [-0.15, -0.1) is 48.3 Å². The summed E-state index contributed by atoms with van der Waals surface area (Å²) in [7, 11) is 0. The van der Waals surface area contributed by atoms with Gasteiger partial charge in [0.05, 0.1) is 10.0 Å². The van der Waals surface area contributed by atoms with Crippen molar-refractivity contribution in [2.45, 2.75) is 24.3 Å². The standard InChI is InChI=1S/C13H19ClN2S2.2ClH/c14-12-4-5-13(15-10-12)18-8-3-1-2-6-16-7-9-17-11-16;;/h4-5,10H,1-3,6-9,11H2;2*1H. The summed E-state index contributed by atoms with van der Waals surface area (Å²) >= 11 is 9.67. The summed E-state index contributed by atoms with van der Waals surface area (Å²) in [5.41, 5.74) is 0. The van der Waals surface area contributed by atoms with Crippen molar-refractivity contribution in [1.29, 1.82) is 0 Å². The number of pyridine rings is 1. The number of rotatable bonds is 7. The summed E-state index contributed by atoms with van der Waals surface area (Å²) in [5, 5.41) is 1.79. The number of thioether (sulfide) groups is 2. The molecule has 0 radical (unpaired) electrons. The number of nitrogens with zero attached hydrogens (tertiary/aromatic N) is 2. The van der Waals surface area contributed by atoms with Crippen LogP contribution in [-0.4, -0.2) is 40.4 Å². The maximum atomic E-state index is 5.80. The van der Waals surface area contributed by atoms with E-state index in [1.165, 1.54) is 44.0 Å². The third kappa shape index (κ3) is 8.20. The number of hydrogen-bond donors (Lipinski definition) is 0. The first-order chi connectivity index (χ1) is 8.84. The van der Waals surface area contributed by atoms with Gasteiger partial charge in [0.15, 0.2) is 0 Å². The molecule has 1 aliphatic heterocycles. The lowest BCUT2D eigenvalue weighted by atomic mass is 10.2. The fourth-order valence-corrected chi connectivity index (χ4v) is 3.86. The maximum absolute atomic E-state index is 5.80. The van der Waals surface area contributed by atoms with Crippen LogP contribution in [0.15, 0.2) is 23.4 Å². The normalized spacial score (nSPS) is 14.7. The molecule has 116 valence electrons. The molecule has 0 aromatic carbocycles. The van der Waals surface area contributed by atoms with Crippen LogP contribution < -0.4 is 0 Å². The van der Waals surface area contributed by atoms with E-state index >= 15 is 0 Å². The van der Waals surface area contributed by atoms with Gasteiger partial charge in [0.25, 0.3) is 0 Å². The Hall–Kier alpha value is 0.680. The second-order valence-electron chi connectivity index (χ2n) is 4.38. The first-order valence-corrected chi connectivity index (χ1v) is 8.91. The van der Waals surface area contributed by atoms with Gasteiger partial charge < -0.3 is 0 Å². The van der Waals surface area contributed by atoms with Gasteiger partial charge >= 0.3 is 0 Å². The van der Waals surface area contributed by atoms with Crippen LogP contribution in [0, 0.1) is 0 Å². The Balaban J connectivity index is 0.00000180. The summed E-state index contributed by atoms with van der Waals surface area (Å²) in [5.74, 6) is 3.71. The maximum Gasteiger partial charge on any atom is 0.0960 e. The fraction of sp³-hybridized carbons (Fsp3) is 0.615. The minimum atomic E-state index is 0. The third-order valence-electron chi connectivity index (χ3n) is 2.89. The largest absolute Gasteiger partial charge is 0.293 e. The Morgan fingerprint density at radius 3 is 2.75 bits per heavy atom. The SMILES string of the molecule is Cl.Cl.Clc1ccc(SCCCCCN2CCSC2)nc1. The lowest BCUT2D eigenvalue weighted by Gasteiger charge is -2.12. The Labute approximate surface area is 147 Å². The van der Waals surface area contributed by atoms with Crippen LogP contribution in [0.3, 0.4) is 0 Å². The Kier molecular flexibility index (Phi) is 12.7. The molecule has 1 aromatic heterocycles. The Bertz CT molecular complexity index is 346. The molecule has 1 saturated heterocycles. The average Bonchev–Trinajstić information content (AvgIpc) is 2.89. The van der Waals surface area contributed by atoms with Gasteiger partial charge in [-0.1, -0.05) is 18.0 Å². The minimum absolute atomic E-state index is 0. The zero-order valence-corrected chi connectivity index (χ0v) is 15.3. The highest BCUT2D eigenvalue weighted by Crippen LogP contribution is 2.19. The molecule has 1 aromatic rings. The van der Waals surface area contributed by atoms with E-state index in [1.807, 2.05) is 23.9 Å². The van der Waals surface area contributed by atoms with E-state index in [-0.39, 0.29) is 24.8 Å². The topological polar surface area (TPSA) is 16.1 Å². The molecule has 1 aliphatic rings. The van der Waals surface area contributed by atoms with E-state index < -0.39 is 0 Å². The highest BCUT2D eigenvalue weighted by Gasteiger charge is 2.10. The Morgan fingerprint density at radius 2 is 2.10 bits per heavy atom. The number of hydrogen-bond acceptors (Lipinski definition) is 4. The van der Waals surface area contributed by atoms with Crippen molar-refractivity contribution in [3.05, 3.63) is 23.4 Å². The molecule has 7 heteroatoms. The van der Waals surface area contributed by atoms with Crippen molar-refractivity contribution in [1.82, 2.24) is 9.88 Å². The second-order valence-corrected chi connectivity index (χ2v) is 7.01. The van der Waals surface area contributed by atoms with E-state index in [1.54, 1.807) is 6.20 Å². The van der Waals surface area contributed by atoms with E-state index in [4.69, 9.17) is 11.6 Å². The molecule has 0 spiro atoms. The van der Waals surface area contributed by atoms with E-state index in [2.05, 4.69) is 21.6 Å². The molecule has 0 amide bonds. The molecular weight excluding hydrogens is 355 g/mol. The monoisotopic (exact) mass is 374 g/mol. The van der Waals surface area contributed by atoms with Crippen LogP contribution in [-0.2, 0) is 0 Å². The zero-order valence-electron chi connectivity index (χ0n) is 11.3. The number of aromatic nitrogens is 1. The highest BCUT2D eigenvalue weighted by molar-refractivity contribution is 7.99. The van der Waals surface area contributed by atoms with E-state index in [0.29, 0.717) is 5.02 Å². The van der Waals surface area contributed by atoms with Gasteiger partial charge in [-0.05, 0) is 37.3 Å². The van der Waals surface area contributed by atoms with Gasteiger partial charge in [-0.3, -0.25) is 4.90 Å². The lowest BCUT2D eigenvalue weighted by molar-refractivity contribution is 0.346.